The van der Waals surface area contributed by atoms with Gasteiger partial charge in [-0.1, -0.05) is 29.3 Å². The van der Waals surface area contributed by atoms with Gasteiger partial charge in [0.05, 0.1) is 30.0 Å². The molecule has 0 aromatic heterocycles. The summed E-state index contributed by atoms with van der Waals surface area (Å²) in [5.74, 6) is 0.998. The van der Waals surface area contributed by atoms with Gasteiger partial charge in [0.25, 0.3) is 0 Å². The summed E-state index contributed by atoms with van der Waals surface area (Å²) in [4.78, 5) is 12.0. The van der Waals surface area contributed by atoms with Crippen molar-refractivity contribution in [3.05, 3.63) is 51.8 Å². The normalized spacial score (nSPS) is 10.4. The first-order chi connectivity index (χ1) is 12.0. The Morgan fingerprint density at radius 3 is 2.60 bits per heavy atom. The van der Waals surface area contributed by atoms with Crippen LogP contribution in [0.1, 0.15) is 5.56 Å². The average Bonchev–Trinajstić information content (AvgIpc) is 2.59. The maximum absolute atomic E-state index is 13.1. The molecule has 0 bridgehead atoms. The van der Waals surface area contributed by atoms with Crippen LogP contribution in [-0.4, -0.2) is 25.9 Å². The average molecular weight is 404 g/mol. The summed E-state index contributed by atoms with van der Waals surface area (Å²) in [7, 11) is 3.05. The Morgan fingerprint density at radius 1 is 1.20 bits per heavy atom. The molecule has 0 spiro atoms. The number of rotatable bonds is 7. The predicted molar refractivity (Wildman–Crippen MR) is 101 cm³/mol. The summed E-state index contributed by atoms with van der Waals surface area (Å²) in [5, 5.41) is 3.08. The Labute approximate surface area is 159 Å². The van der Waals surface area contributed by atoms with Gasteiger partial charge in [-0.3, -0.25) is 4.79 Å². The first-order valence-electron chi connectivity index (χ1n) is 7.18. The zero-order valence-corrected chi connectivity index (χ0v) is 15.9. The standard InChI is InChI=1S/C17H16Cl2FNO3S/c1-23-14-6-3-10(16(19)17(14)24-2)8-25-9-15(22)21-11-4-5-13(20)12(18)7-11/h3-7H,8-9H2,1-2H3,(H,21,22). The minimum atomic E-state index is -0.530. The Hall–Kier alpha value is -1.63. The third-order valence-electron chi connectivity index (χ3n) is 3.26. The number of nitrogens with one attached hydrogen (secondary N) is 1. The van der Waals surface area contributed by atoms with Crippen molar-refractivity contribution in [2.45, 2.75) is 5.75 Å². The summed E-state index contributed by atoms with van der Waals surface area (Å²) in [6.45, 7) is 0. The molecule has 0 unspecified atom stereocenters. The Balaban J connectivity index is 1.92. The third-order valence-corrected chi connectivity index (χ3v) is 4.94. The van der Waals surface area contributed by atoms with E-state index in [1.54, 1.807) is 6.07 Å². The van der Waals surface area contributed by atoms with Crippen LogP contribution in [0.25, 0.3) is 0 Å². The fourth-order valence-corrected chi connectivity index (χ4v) is 3.45. The van der Waals surface area contributed by atoms with E-state index in [9.17, 15) is 9.18 Å². The molecule has 1 amide bonds. The number of halogens is 3. The quantitative estimate of drug-likeness (QED) is 0.704. The number of benzene rings is 2. The van der Waals surface area contributed by atoms with Gasteiger partial charge in [0, 0.05) is 11.4 Å². The molecule has 0 aliphatic rings. The van der Waals surface area contributed by atoms with Gasteiger partial charge in [-0.2, -0.15) is 0 Å². The lowest BCUT2D eigenvalue weighted by Crippen LogP contribution is -2.14. The molecule has 2 aromatic rings. The van der Waals surface area contributed by atoms with Crippen LogP contribution in [-0.2, 0) is 10.5 Å². The van der Waals surface area contributed by atoms with Crippen LogP contribution < -0.4 is 14.8 Å². The van der Waals surface area contributed by atoms with Gasteiger partial charge in [-0.15, -0.1) is 11.8 Å². The van der Waals surface area contributed by atoms with Gasteiger partial charge in [-0.25, -0.2) is 4.39 Å². The number of methoxy groups -OCH3 is 2. The van der Waals surface area contributed by atoms with Gasteiger partial charge in [0.1, 0.15) is 5.82 Å². The largest absolute Gasteiger partial charge is 0.493 e. The van der Waals surface area contributed by atoms with Crippen molar-refractivity contribution in [2.24, 2.45) is 0 Å². The molecule has 0 saturated carbocycles. The highest BCUT2D eigenvalue weighted by Crippen LogP contribution is 2.38. The van der Waals surface area contributed by atoms with Crippen LogP contribution in [0.15, 0.2) is 30.3 Å². The number of ether oxygens (including phenoxy) is 2. The molecule has 8 heteroatoms. The second-order valence-corrected chi connectivity index (χ2v) is 6.71. The smallest absolute Gasteiger partial charge is 0.234 e. The number of hydrogen-bond donors (Lipinski definition) is 1. The van der Waals surface area contributed by atoms with Crippen molar-refractivity contribution in [3.63, 3.8) is 0 Å². The SMILES string of the molecule is COc1ccc(CSCC(=O)Nc2ccc(F)c(Cl)c2)c(Cl)c1OC. The summed E-state index contributed by atoms with van der Waals surface area (Å²) in [5.41, 5.74) is 1.28. The molecule has 25 heavy (non-hydrogen) atoms. The Morgan fingerprint density at radius 2 is 1.96 bits per heavy atom. The van der Waals surface area contributed by atoms with E-state index in [4.69, 9.17) is 32.7 Å². The van der Waals surface area contributed by atoms with Crippen molar-refractivity contribution in [1.29, 1.82) is 0 Å². The van der Waals surface area contributed by atoms with E-state index >= 15 is 0 Å². The van der Waals surface area contributed by atoms with E-state index in [1.807, 2.05) is 6.07 Å². The predicted octanol–water partition coefficient (Wildman–Crippen LogP) is 5.02. The summed E-state index contributed by atoms with van der Waals surface area (Å²) in [6, 6.07) is 7.61. The summed E-state index contributed by atoms with van der Waals surface area (Å²) >= 11 is 13.4. The molecule has 2 aromatic carbocycles. The molecule has 0 aliphatic heterocycles. The van der Waals surface area contributed by atoms with Crippen LogP contribution in [0.3, 0.4) is 0 Å². The van der Waals surface area contributed by atoms with Gasteiger partial charge in [0.15, 0.2) is 11.5 Å². The van der Waals surface area contributed by atoms with Crippen molar-refractivity contribution >= 4 is 46.6 Å². The van der Waals surface area contributed by atoms with Crippen LogP contribution >= 0.6 is 35.0 Å². The van der Waals surface area contributed by atoms with E-state index < -0.39 is 5.82 Å². The summed E-state index contributed by atoms with van der Waals surface area (Å²) < 4.78 is 23.5. The van der Waals surface area contributed by atoms with Crippen molar-refractivity contribution in [1.82, 2.24) is 0 Å². The van der Waals surface area contributed by atoms with Gasteiger partial charge < -0.3 is 14.8 Å². The maximum atomic E-state index is 13.1. The highest BCUT2D eigenvalue weighted by Gasteiger charge is 2.13. The molecule has 1 N–H and O–H groups in total. The number of thioether (sulfide) groups is 1. The molecule has 0 aliphatic carbocycles. The highest BCUT2D eigenvalue weighted by molar-refractivity contribution is 7.99. The molecule has 2 rings (SSSR count). The fourth-order valence-electron chi connectivity index (χ4n) is 2.07. The number of carbonyl (C=O) groups is 1. The van der Waals surface area contributed by atoms with Crippen molar-refractivity contribution in [3.8, 4) is 11.5 Å². The van der Waals surface area contributed by atoms with Crippen LogP contribution in [0, 0.1) is 5.82 Å². The zero-order chi connectivity index (χ0) is 18.4. The first kappa shape index (κ1) is 19.7. The van der Waals surface area contributed by atoms with E-state index in [2.05, 4.69) is 5.32 Å². The highest BCUT2D eigenvalue weighted by atomic mass is 35.5. The molecule has 4 nitrogen and oxygen atoms in total. The van der Waals surface area contributed by atoms with Gasteiger partial charge >= 0.3 is 0 Å². The molecule has 134 valence electrons. The molecular weight excluding hydrogens is 388 g/mol. The number of carbonyl (C=O) groups excluding carboxylic acids is 1. The van der Waals surface area contributed by atoms with Gasteiger partial charge in [-0.05, 0) is 29.8 Å². The lowest BCUT2D eigenvalue weighted by molar-refractivity contribution is -0.113. The second-order valence-electron chi connectivity index (χ2n) is 4.94. The number of amides is 1. The maximum Gasteiger partial charge on any atom is 0.234 e. The monoisotopic (exact) mass is 403 g/mol. The fraction of sp³-hybridized carbons (Fsp3) is 0.235. The molecule has 0 atom stereocenters. The first-order valence-corrected chi connectivity index (χ1v) is 9.09. The zero-order valence-electron chi connectivity index (χ0n) is 13.6. The molecule has 0 saturated heterocycles. The molecule has 0 fully saturated rings. The van der Waals surface area contributed by atoms with E-state index in [-0.39, 0.29) is 16.7 Å². The second kappa shape index (κ2) is 9.17. The minimum absolute atomic E-state index is 0.0393. The lowest BCUT2D eigenvalue weighted by Gasteiger charge is -2.12. The van der Waals surface area contributed by atoms with Crippen LogP contribution in [0.5, 0.6) is 11.5 Å². The van der Waals surface area contributed by atoms with Gasteiger partial charge in [0.2, 0.25) is 5.91 Å². The van der Waals surface area contributed by atoms with Crippen molar-refractivity contribution < 1.29 is 18.7 Å². The molecular formula is C17H16Cl2FNO3S. The third kappa shape index (κ3) is 5.17. The molecule has 0 heterocycles. The number of anilines is 1. The van der Waals surface area contributed by atoms with E-state index in [0.717, 1.165) is 5.56 Å². The minimum Gasteiger partial charge on any atom is -0.493 e. The van der Waals surface area contributed by atoms with Crippen LogP contribution in [0.2, 0.25) is 10.0 Å². The van der Waals surface area contributed by atoms with Crippen molar-refractivity contribution in [2.75, 3.05) is 25.3 Å². The van der Waals surface area contributed by atoms with Crippen LogP contribution in [0.4, 0.5) is 10.1 Å². The van der Waals surface area contributed by atoms with E-state index in [0.29, 0.717) is 28.0 Å². The molecule has 0 radical (unpaired) electrons. The van der Waals surface area contributed by atoms with E-state index in [1.165, 1.54) is 44.2 Å². The Bertz CT molecular complexity index is 774. The number of hydrogen-bond acceptors (Lipinski definition) is 4. The summed E-state index contributed by atoms with van der Waals surface area (Å²) in [6.07, 6.45) is 0. The Kier molecular flexibility index (Phi) is 7.23. The topological polar surface area (TPSA) is 47.6 Å². The lowest BCUT2D eigenvalue weighted by atomic mass is 10.2.